The van der Waals surface area contributed by atoms with E-state index in [0.717, 1.165) is 18.6 Å². The lowest BCUT2D eigenvalue weighted by atomic mass is 10.0. The molecule has 1 aromatic carbocycles. The van der Waals surface area contributed by atoms with Gasteiger partial charge in [0, 0.05) is 16.8 Å². The van der Waals surface area contributed by atoms with Gasteiger partial charge in [-0.2, -0.15) is 0 Å². The molecule has 90 valence electrons. The van der Waals surface area contributed by atoms with Crippen LogP contribution in [0.5, 0.6) is 0 Å². The van der Waals surface area contributed by atoms with Gasteiger partial charge in [-0.25, -0.2) is 0 Å². The molecule has 1 nitrogen and oxygen atoms in total. The molecule has 0 amide bonds. The van der Waals surface area contributed by atoms with Crippen molar-refractivity contribution in [1.29, 1.82) is 0 Å². The van der Waals surface area contributed by atoms with Crippen LogP contribution in [0, 0.1) is 6.92 Å². The molecule has 0 bridgehead atoms. The highest BCUT2D eigenvalue weighted by molar-refractivity contribution is 9.09. The molecule has 0 N–H and O–H groups in total. The largest absolute Gasteiger partial charge is 0.469 e. The molecule has 0 fully saturated rings. The van der Waals surface area contributed by atoms with E-state index < -0.39 is 0 Å². The van der Waals surface area contributed by atoms with Crippen LogP contribution in [0.15, 0.2) is 41.0 Å². The van der Waals surface area contributed by atoms with Gasteiger partial charge < -0.3 is 4.42 Å². The summed E-state index contributed by atoms with van der Waals surface area (Å²) in [7, 11) is 0. The number of rotatable bonds is 4. The van der Waals surface area contributed by atoms with Gasteiger partial charge in [-0.15, -0.1) is 0 Å². The highest BCUT2D eigenvalue weighted by Crippen LogP contribution is 2.30. The smallest absolute Gasteiger partial charge is 0.107 e. The van der Waals surface area contributed by atoms with E-state index in [9.17, 15) is 0 Å². The van der Waals surface area contributed by atoms with Crippen molar-refractivity contribution in [2.45, 2.75) is 31.5 Å². The normalized spacial score (nSPS) is 12.6. The molecule has 0 aliphatic heterocycles. The standard InChI is InChI=1S/C15H17BrO/c1-3-15-13(8-9-17-15)14(16)10-12-6-4-11(2)5-7-12/h4-9,14H,3,10H2,1-2H3. The monoisotopic (exact) mass is 292 g/mol. The Hall–Kier alpha value is -1.02. The lowest BCUT2D eigenvalue weighted by Crippen LogP contribution is -1.97. The third-order valence-corrected chi connectivity index (χ3v) is 3.79. The zero-order valence-electron chi connectivity index (χ0n) is 10.2. The van der Waals surface area contributed by atoms with Gasteiger partial charge in [-0.3, -0.25) is 0 Å². The Morgan fingerprint density at radius 3 is 2.53 bits per heavy atom. The van der Waals surface area contributed by atoms with Crippen LogP contribution >= 0.6 is 15.9 Å². The number of aryl methyl sites for hydroxylation is 2. The summed E-state index contributed by atoms with van der Waals surface area (Å²) in [5.41, 5.74) is 3.92. The maximum Gasteiger partial charge on any atom is 0.107 e. The molecule has 0 aliphatic rings. The molecule has 1 aromatic heterocycles. The minimum atomic E-state index is 0.332. The first kappa shape index (κ1) is 12.4. The lowest BCUT2D eigenvalue weighted by molar-refractivity contribution is 0.511. The maximum absolute atomic E-state index is 5.46. The highest BCUT2D eigenvalue weighted by atomic mass is 79.9. The van der Waals surface area contributed by atoms with E-state index in [1.165, 1.54) is 16.7 Å². The van der Waals surface area contributed by atoms with E-state index >= 15 is 0 Å². The maximum atomic E-state index is 5.46. The third kappa shape index (κ3) is 3.01. The van der Waals surface area contributed by atoms with E-state index in [-0.39, 0.29) is 0 Å². The summed E-state index contributed by atoms with van der Waals surface area (Å²) in [5, 5.41) is 0. The average Bonchev–Trinajstić information content (AvgIpc) is 2.80. The third-order valence-electron chi connectivity index (χ3n) is 2.97. The molecule has 0 aliphatic carbocycles. The Labute approximate surface area is 111 Å². The van der Waals surface area contributed by atoms with Crippen LogP contribution < -0.4 is 0 Å². The molecule has 2 aromatic rings. The van der Waals surface area contributed by atoms with E-state index in [2.05, 4.69) is 60.1 Å². The van der Waals surface area contributed by atoms with Crippen molar-refractivity contribution < 1.29 is 4.42 Å². The predicted molar refractivity (Wildman–Crippen MR) is 74.6 cm³/mol. The van der Waals surface area contributed by atoms with Gasteiger partial charge in [0.2, 0.25) is 0 Å². The quantitative estimate of drug-likeness (QED) is 0.736. The van der Waals surface area contributed by atoms with Gasteiger partial charge in [0.05, 0.1) is 6.26 Å². The predicted octanol–water partition coefficient (Wildman–Crippen LogP) is 4.83. The lowest BCUT2D eigenvalue weighted by Gasteiger charge is -2.10. The minimum absolute atomic E-state index is 0.332. The topological polar surface area (TPSA) is 13.1 Å². The number of alkyl halides is 1. The van der Waals surface area contributed by atoms with Crippen molar-refractivity contribution >= 4 is 15.9 Å². The molecule has 0 saturated carbocycles. The summed E-state index contributed by atoms with van der Waals surface area (Å²) in [6.07, 6.45) is 3.71. The van der Waals surface area contributed by atoms with E-state index in [1.807, 2.05) is 0 Å². The number of halogens is 1. The van der Waals surface area contributed by atoms with E-state index in [4.69, 9.17) is 4.42 Å². The number of benzene rings is 1. The Bertz CT molecular complexity index is 470. The van der Waals surface area contributed by atoms with Gasteiger partial charge in [0.25, 0.3) is 0 Å². The number of hydrogen-bond donors (Lipinski definition) is 0. The molecular weight excluding hydrogens is 276 g/mol. The Kier molecular flexibility index (Phi) is 4.06. The molecule has 1 atom stereocenters. The highest BCUT2D eigenvalue weighted by Gasteiger charge is 2.14. The first-order chi connectivity index (χ1) is 8.20. The van der Waals surface area contributed by atoms with Crippen molar-refractivity contribution in [1.82, 2.24) is 0 Å². The number of furan rings is 1. The summed E-state index contributed by atoms with van der Waals surface area (Å²) in [6, 6.07) is 10.8. The first-order valence-corrected chi connectivity index (χ1v) is 6.88. The van der Waals surface area contributed by atoms with Crippen molar-refractivity contribution in [3.8, 4) is 0 Å². The average molecular weight is 293 g/mol. The molecular formula is C15H17BrO. The van der Waals surface area contributed by atoms with Crippen LogP contribution in [-0.4, -0.2) is 0 Å². The summed E-state index contributed by atoms with van der Waals surface area (Å²) < 4.78 is 5.46. The Morgan fingerprint density at radius 1 is 1.18 bits per heavy atom. The molecule has 0 radical (unpaired) electrons. The fraction of sp³-hybridized carbons (Fsp3) is 0.333. The summed E-state index contributed by atoms with van der Waals surface area (Å²) >= 11 is 3.75. The van der Waals surface area contributed by atoms with Gasteiger partial charge in [0.15, 0.2) is 0 Å². The zero-order valence-corrected chi connectivity index (χ0v) is 11.8. The van der Waals surface area contributed by atoms with Crippen molar-refractivity contribution in [2.75, 3.05) is 0 Å². The van der Waals surface area contributed by atoms with Crippen molar-refractivity contribution in [3.63, 3.8) is 0 Å². The van der Waals surface area contributed by atoms with Gasteiger partial charge in [-0.05, 0) is 25.0 Å². The zero-order chi connectivity index (χ0) is 12.3. The fourth-order valence-electron chi connectivity index (χ4n) is 1.96. The summed E-state index contributed by atoms with van der Waals surface area (Å²) in [5.74, 6) is 1.08. The van der Waals surface area contributed by atoms with E-state index in [0.29, 0.717) is 4.83 Å². The van der Waals surface area contributed by atoms with Crippen LogP contribution in [-0.2, 0) is 12.8 Å². The van der Waals surface area contributed by atoms with Crippen molar-refractivity contribution in [2.24, 2.45) is 0 Å². The van der Waals surface area contributed by atoms with Crippen LogP contribution in [0.3, 0.4) is 0 Å². The molecule has 2 heteroatoms. The van der Waals surface area contributed by atoms with Crippen molar-refractivity contribution in [3.05, 3.63) is 59.0 Å². The van der Waals surface area contributed by atoms with Crippen LogP contribution in [0.4, 0.5) is 0 Å². The molecule has 2 rings (SSSR count). The molecule has 1 unspecified atom stereocenters. The van der Waals surface area contributed by atoms with Gasteiger partial charge >= 0.3 is 0 Å². The molecule has 1 heterocycles. The summed E-state index contributed by atoms with van der Waals surface area (Å²) in [4.78, 5) is 0.332. The Balaban J connectivity index is 2.11. The summed E-state index contributed by atoms with van der Waals surface area (Å²) in [6.45, 7) is 4.23. The second kappa shape index (κ2) is 5.54. The van der Waals surface area contributed by atoms with Crippen LogP contribution in [0.2, 0.25) is 0 Å². The minimum Gasteiger partial charge on any atom is -0.469 e. The second-order valence-electron chi connectivity index (χ2n) is 4.31. The van der Waals surface area contributed by atoms with E-state index in [1.54, 1.807) is 6.26 Å². The second-order valence-corrected chi connectivity index (χ2v) is 5.42. The fourth-order valence-corrected chi connectivity index (χ4v) is 2.74. The van der Waals surface area contributed by atoms with Gasteiger partial charge in [-0.1, -0.05) is 52.7 Å². The number of hydrogen-bond acceptors (Lipinski definition) is 1. The molecule has 0 saturated heterocycles. The molecule has 17 heavy (non-hydrogen) atoms. The van der Waals surface area contributed by atoms with Gasteiger partial charge in [0.1, 0.15) is 5.76 Å². The van der Waals surface area contributed by atoms with Crippen LogP contribution in [0.1, 0.15) is 34.2 Å². The Morgan fingerprint density at radius 2 is 1.88 bits per heavy atom. The SMILES string of the molecule is CCc1occc1C(Br)Cc1ccc(C)cc1. The first-order valence-electron chi connectivity index (χ1n) is 5.96. The van der Waals surface area contributed by atoms with Crippen LogP contribution in [0.25, 0.3) is 0 Å². The molecule has 0 spiro atoms.